The lowest BCUT2D eigenvalue weighted by atomic mass is 9.98. The summed E-state index contributed by atoms with van der Waals surface area (Å²) in [5, 5.41) is 23.7. The lowest BCUT2D eigenvalue weighted by molar-refractivity contribution is -0.137. The number of nitrogens with zero attached hydrogens (tertiary/aromatic N) is 6. The second kappa shape index (κ2) is 10.8. The normalized spacial score (nSPS) is 13.5. The van der Waals surface area contributed by atoms with Crippen molar-refractivity contribution in [3.63, 3.8) is 0 Å². The number of rotatable bonds is 6. The van der Waals surface area contributed by atoms with Gasteiger partial charge >= 0.3 is 6.18 Å². The Morgan fingerprint density at radius 2 is 1.31 bits per heavy atom. The smallest absolute Gasteiger partial charge is 0.416 e. The molecule has 0 saturated carbocycles. The van der Waals surface area contributed by atoms with Gasteiger partial charge in [-0.3, -0.25) is 8.80 Å². The minimum absolute atomic E-state index is 0.139. The van der Waals surface area contributed by atoms with Crippen LogP contribution >= 0.6 is 31.9 Å². The number of methoxy groups -OCH3 is 1. The topological polar surface area (TPSA) is 110 Å². The molecule has 0 amide bonds. The fraction of sp³-hybridized carbons (Fsp3) is 0.143. The molecule has 0 fully saturated rings. The van der Waals surface area contributed by atoms with Crippen LogP contribution in [0.25, 0.3) is 33.8 Å². The number of ether oxygens (including phenoxy) is 1. The molecule has 0 saturated heterocycles. The summed E-state index contributed by atoms with van der Waals surface area (Å²) in [6, 6.07) is 11.5. The second-order valence-electron chi connectivity index (χ2n) is 9.26. The molecule has 2 aromatic carbocycles. The number of fused-ring (bicyclic) bond motifs is 2. The lowest BCUT2D eigenvalue weighted by Crippen LogP contribution is -2.16. The van der Waals surface area contributed by atoms with Gasteiger partial charge < -0.3 is 14.9 Å². The molecule has 0 aliphatic carbocycles. The Hall–Kier alpha value is -3.85. The Morgan fingerprint density at radius 1 is 0.786 bits per heavy atom. The number of benzene rings is 2. The molecule has 214 valence electrons. The number of aromatic nitrogens is 6. The van der Waals surface area contributed by atoms with Crippen molar-refractivity contribution in [2.24, 2.45) is 0 Å². The minimum atomic E-state index is -4.52. The molecule has 0 aliphatic heterocycles. The van der Waals surface area contributed by atoms with Gasteiger partial charge in [-0.15, -0.1) is 0 Å². The molecule has 42 heavy (non-hydrogen) atoms. The zero-order valence-electron chi connectivity index (χ0n) is 21.5. The first kappa shape index (κ1) is 28.3. The predicted octanol–water partition coefficient (Wildman–Crippen LogP) is 6.43. The van der Waals surface area contributed by atoms with E-state index in [2.05, 4.69) is 51.8 Å². The SMILES string of the molecule is COc1cccc(-c2nc3cnc(Br)cn3c2C(O)C(O)c2c(-c3ccc(C(F)(F)F)cc3)nc3cnc(Br)cn23)c1. The Labute approximate surface area is 252 Å². The summed E-state index contributed by atoms with van der Waals surface area (Å²) < 4.78 is 49.2. The summed E-state index contributed by atoms with van der Waals surface area (Å²) in [7, 11) is 1.53. The number of aliphatic hydroxyl groups excluding tert-OH is 2. The van der Waals surface area contributed by atoms with Crippen LogP contribution in [0, 0.1) is 0 Å². The van der Waals surface area contributed by atoms with Crippen LogP contribution in [-0.2, 0) is 6.18 Å². The minimum Gasteiger partial charge on any atom is -0.497 e. The summed E-state index contributed by atoms with van der Waals surface area (Å²) in [5.41, 5.74) is 1.75. The van der Waals surface area contributed by atoms with Gasteiger partial charge in [0.2, 0.25) is 0 Å². The average molecular weight is 704 g/mol. The maximum absolute atomic E-state index is 13.3. The Kier molecular flexibility index (Phi) is 7.25. The number of aliphatic hydroxyl groups is 2. The van der Waals surface area contributed by atoms with Crippen molar-refractivity contribution in [3.8, 4) is 28.3 Å². The third-order valence-corrected chi connectivity index (χ3v) is 7.54. The van der Waals surface area contributed by atoms with E-state index in [0.717, 1.165) is 12.1 Å². The van der Waals surface area contributed by atoms with Gasteiger partial charge in [-0.1, -0.05) is 24.3 Å². The molecule has 2 N–H and O–H groups in total. The largest absolute Gasteiger partial charge is 0.497 e. The molecule has 14 heteroatoms. The second-order valence-corrected chi connectivity index (χ2v) is 10.9. The highest BCUT2D eigenvalue weighted by atomic mass is 79.9. The van der Waals surface area contributed by atoms with Crippen LogP contribution in [-0.4, -0.2) is 46.1 Å². The van der Waals surface area contributed by atoms with E-state index in [0.29, 0.717) is 43.1 Å². The van der Waals surface area contributed by atoms with Crippen LogP contribution in [0.15, 0.2) is 82.5 Å². The van der Waals surface area contributed by atoms with Crippen molar-refractivity contribution in [2.75, 3.05) is 7.11 Å². The average Bonchev–Trinajstić information content (AvgIpc) is 3.54. The maximum Gasteiger partial charge on any atom is 0.416 e. The number of hydrogen-bond acceptors (Lipinski definition) is 7. The zero-order valence-corrected chi connectivity index (χ0v) is 24.6. The van der Waals surface area contributed by atoms with Crippen molar-refractivity contribution >= 4 is 43.2 Å². The summed E-state index contributed by atoms with van der Waals surface area (Å²) >= 11 is 6.67. The van der Waals surface area contributed by atoms with Gasteiger partial charge in [-0.2, -0.15) is 13.2 Å². The number of hydrogen-bond donors (Lipinski definition) is 2. The molecule has 4 aromatic heterocycles. The van der Waals surface area contributed by atoms with E-state index < -0.39 is 23.9 Å². The van der Waals surface area contributed by atoms with Crippen molar-refractivity contribution in [1.29, 1.82) is 0 Å². The number of imidazole rings is 2. The molecule has 6 aromatic rings. The van der Waals surface area contributed by atoms with Crippen molar-refractivity contribution in [2.45, 2.75) is 18.4 Å². The Bertz CT molecular complexity index is 1940. The van der Waals surface area contributed by atoms with Gasteiger partial charge in [0, 0.05) is 23.5 Å². The van der Waals surface area contributed by atoms with Crippen molar-refractivity contribution in [1.82, 2.24) is 28.7 Å². The monoisotopic (exact) mass is 702 g/mol. The highest BCUT2D eigenvalue weighted by molar-refractivity contribution is 9.10. The van der Waals surface area contributed by atoms with E-state index in [1.54, 1.807) is 41.1 Å². The molecule has 4 heterocycles. The molecular formula is C28H19Br2F3N6O3. The lowest BCUT2D eigenvalue weighted by Gasteiger charge is -2.21. The van der Waals surface area contributed by atoms with E-state index >= 15 is 0 Å². The van der Waals surface area contributed by atoms with Crippen LogP contribution in [0.4, 0.5) is 13.2 Å². The Morgan fingerprint density at radius 3 is 1.81 bits per heavy atom. The standard InChI is InChI=1S/C28H19Br2F3N6O3/c1-42-17-4-2-3-15(9-17)23-25(39-13-19(30)35-11-21(39)37-23)27(41)26(40)24-22(36-20-10-34-18(29)12-38(20)24)14-5-7-16(8-6-14)28(31,32)33/h2-13,26-27,40-41H,1H3. The fourth-order valence-corrected chi connectivity index (χ4v) is 5.39. The van der Waals surface area contributed by atoms with E-state index in [9.17, 15) is 23.4 Å². The van der Waals surface area contributed by atoms with E-state index in [1.807, 2.05) is 0 Å². The molecule has 2 unspecified atom stereocenters. The van der Waals surface area contributed by atoms with Gasteiger partial charge in [0.25, 0.3) is 0 Å². The number of alkyl halides is 3. The van der Waals surface area contributed by atoms with E-state index in [4.69, 9.17) is 4.74 Å². The van der Waals surface area contributed by atoms with Crippen LogP contribution < -0.4 is 4.74 Å². The first-order valence-corrected chi connectivity index (χ1v) is 13.9. The predicted molar refractivity (Wildman–Crippen MR) is 154 cm³/mol. The van der Waals surface area contributed by atoms with Gasteiger partial charge in [-0.25, -0.2) is 19.9 Å². The third-order valence-electron chi connectivity index (χ3n) is 6.72. The summed E-state index contributed by atoms with van der Waals surface area (Å²) in [4.78, 5) is 17.6. The molecule has 0 radical (unpaired) electrons. The molecule has 0 aliphatic rings. The van der Waals surface area contributed by atoms with Crippen molar-refractivity contribution in [3.05, 3.63) is 99.5 Å². The van der Waals surface area contributed by atoms with Gasteiger partial charge in [-0.05, 0) is 56.1 Å². The maximum atomic E-state index is 13.3. The molecule has 9 nitrogen and oxygen atoms in total. The summed E-state index contributed by atoms with van der Waals surface area (Å²) in [6.07, 6.45) is -1.60. The van der Waals surface area contributed by atoms with E-state index in [1.165, 1.54) is 36.0 Å². The molecule has 0 spiro atoms. The van der Waals surface area contributed by atoms with E-state index in [-0.39, 0.29) is 17.1 Å². The first-order chi connectivity index (χ1) is 20.0. The highest BCUT2D eigenvalue weighted by Gasteiger charge is 2.34. The summed E-state index contributed by atoms with van der Waals surface area (Å²) in [6.45, 7) is 0. The quantitative estimate of drug-likeness (QED) is 0.206. The van der Waals surface area contributed by atoms with Crippen LogP contribution in [0.3, 0.4) is 0 Å². The van der Waals surface area contributed by atoms with Gasteiger partial charge in [0.1, 0.15) is 27.2 Å². The highest BCUT2D eigenvalue weighted by Crippen LogP contribution is 2.41. The Balaban J connectivity index is 1.55. The molecule has 0 bridgehead atoms. The molecular weight excluding hydrogens is 685 g/mol. The van der Waals surface area contributed by atoms with Crippen LogP contribution in [0.2, 0.25) is 0 Å². The molecule has 6 rings (SSSR count). The fourth-order valence-electron chi connectivity index (χ4n) is 4.77. The third kappa shape index (κ3) is 5.04. The van der Waals surface area contributed by atoms with Gasteiger partial charge in [0.05, 0.1) is 47.8 Å². The molecule has 2 atom stereocenters. The number of halogens is 5. The van der Waals surface area contributed by atoms with Crippen LogP contribution in [0.5, 0.6) is 5.75 Å². The first-order valence-electron chi connectivity index (χ1n) is 12.3. The van der Waals surface area contributed by atoms with Crippen molar-refractivity contribution < 1.29 is 28.1 Å². The zero-order chi connectivity index (χ0) is 29.8. The van der Waals surface area contributed by atoms with Crippen LogP contribution in [0.1, 0.15) is 29.2 Å². The summed E-state index contributed by atoms with van der Waals surface area (Å²) in [5.74, 6) is 0.563. The van der Waals surface area contributed by atoms with Gasteiger partial charge in [0.15, 0.2) is 11.3 Å².